The van der Waals surface area contributed by atoms with Gasteiger partial charge in [0.15, 0.2) is 12.3 Å². The number of amides is 3. The van der Waals surface area contributed by atoms with E-state index in [9.17, 15) is 14.4 Å². The smallest absolute Gasteiger partial charge is 0.357 e. The third kappa shape index (κ3) is 4.72. The molecule has 152 valence electrons. The van der Waals surface area contributed by atoms with Gasteiger partial charge in [-0.3, -0.25) is 10.1 Å². The van der Waals surface area contributed by atoms with Crippen molar-refractivity contribution in [2.45, 2.75) is 18.8 Å². The normalized spacial score (nSPS) is 12.8. The quantitative estimate of drug-likeness (QED) is 0.614. The van der Waals surface area contributed by atoms with Crippen molar-refractivity contribution in [3.05, 3.63) is 78.1 Å². The van der Waals surface area contributed by atoms with Crippen LogP contribution in [0.15, 0.2) is 66.7 Å². The van der Waals surface area contributed by atoms with Crippen molar-refractivity contribution in [1.29, 1.82) is 0 Å². The van der Waals surface area contributed by atoms with Crippen molar-refractivity contribution in [3.63, 3.8) is 0 Å². The summed E-state index contributed by atoms with van der Waals surface area (Å²) >= 11 is 0. The van der Waals surface area contributed by atoms with E-state index in [1.165, 1.54) is 4.68 Å². The number of hydrogen-bond acceptors (Lipinski definition) is 5. The number of anilines is 1. The Morgan fingerprint density at radius 2 is 1.67 bits per heavy atom. The van der Waals surface area contributed by atoms with Gasteiger partial charge in [0.05, 0.1) is 11.4 Å². The van der Waals surface area contributed by atoms with E-state index in [0.717, 1.165) is 24.2 Å². The maximum Gasteiger partial charge on any atom is 0.357 e. The standard InChI is InChI=1S/C22H20N4O4/c27-20(24-22(29)23-16-7-3-1-4-8-16)14-30-21(28)19-13-18(15-11-12-15)25-26(19)17-9-5-2-6-10-17/h1-10,13,15H,11-12,14H2,(H2,23,24,27,29). The van der Waals surface area contributed by atoms with Gasteiger partial charge >= 0.3 is 12.0 Å². The van der Waals surface area contributed by atoms with Crippen LogP contribution in [-0.4, -0.2) is 34.3 Å². The summed E-state index contributed by atoms with van der Waals surface area (Å²) in [5.41, 5.74) is 2.34. The molecule has 2 N–H and O–H groups in total. The van der Waals surface area contributed by atoms with E-state index in [2.05, 4.69) is 15.7 Å². The number of carbonyl (C=O) groups is 3. The Kier molecular flexibility index (Phi) is 5.56. The molecule has 0 unspecified atom stereocenters. The second-order valence-electron chi connectivity index (χ2n) is 6.92. The van der Waals surface area contributed by atoms with Crippen LogP contribution in [0, 0.1) is 0 Å². The van der Waals surface area contributed by atoms with Gasteiger partial charge < -0.3 is 10.1 Å². The maximum atomic E-state index is 12.6. The van der Waals surface area contributed by atoms with E-state index in [1.54, 1.807) is 30.3 Å². The number of ether oxygens (including phenoxy) is 1. The minimum Gasteiger partial charge on any atom is -0.451 e. The number of nitrogens with zero attached hydrogens (tertiary/aromatic N) is 2. The van der Waals surface area contributed by atoms with Gasteiger partial charge in [-0.1, -0.05) is 36.4 Å². The Morgan fingerprint density at radius 1 is 1.00 bits per heavy atom. The summed E-state index contributed by atoms with van der Waals surface area (Å²) in [6.45, 7) is -0.584. The number of urea groups is 1. The molecule has 1 aliphatic carbocycles. The van der Waals surface area contributed by atoms with Gasteiger partial charge in [-0.25, -0.2) is 14.3 Å². The number of rotatable bonds is 6. The monoisotopic (exact) mass is 404 g/mol. The lowest BCUT2D eigenvalue weighted by Gasteiger charge is -2.09. The lowest BCUT2D eigenvalue weighted by Crippen LogP contribution is -2.37. The predicted molar refractivity (Wildman–Crippen MR) is 109 cm³/mol. The fourth-order valence-corrected chi connectivity index (χ4v) is 2.94. The van der Waals surface area contributed by atoms with Crippen molar-refractivity contribution in [2.75, 3.05) is 11.9 Å². The van der Waals surface area contributed by atoms with E-state index >= 15 is 0 Å². The lowest BCUT2D eigenvalue weighted by atomic mass is 10.2. The maximum absolute atomic E-state index is 12.6. The first-order valence-electron chi connectivity index (χ1n) is 9.58. The van der Waals surface area contributed by atoms with Gasteiger partial charge in [0, 0.05) is 11.6 Å². The Morgan fingerprint density at radius 3 is 2.33 bits per heavy atom. The van der Waals surface area contributed by atoms with Gasteiger partial charge in [-0.2, -0.15) is 5.10 Å². The Hall–Kier alpha value is -3.94. The molecule has 1 saturated carbocycles. The molecule has 1 heterocycles. The number of nitrogens with one attached hydrogen (secondary N) is 2. The number of esters is 1. The molecule has 0 radical (unpaired) electrons. The van der Waals surface area contributed by atoms with Crippen LogP contribution in [-0.2, 0) is 9.53 Å². The highest BCUT2D eigenvalue weighted by atomic mass is 16.5. The zero-order valence-electron chi connectivity index (χ0n) is 16.1. The molecule has 8 heteroatoms. The number of para-hydroxylation sites is 2. The lowest BCUT2D eigenvalue weighted by molar-refractivity contribution is -0.123. The van der Waals surface area contributed by atoms with Crippen molar-refractivity contribution < 1.29 is 19.1 Å². The first-order chi connectivity index (χ1) is 14.6. The number of benzene rings is 2. The largest absolute Gasteiger partial charge is 0.451 e. The summed E-state index contributed by atoms with van der Waals surface area (Å²) < 4.78 is 6.65. The van der Waals surface area contributed by atoms with Crippen LogP contribution in [0.5, 0.6) is 0 Å². The van der Waals surface area contributed by atoms with Gasteiger partial charge in [0.2, 0.25) is 0 Å². The first-order valence-corrected chi connectivity index (χ1v) is 9.58. The van der Waals surface area contributed by atoms with Crippen LogP contribution >= 0.6 is 0 Å². The molecule has 3 amide bonds. The zero-order chi connectivity index (χ0) is 20.9. The van der Waals surface area contributed by atoms with E-state index in [0.29, 0.717) is 11.6 Å². The molecule has 2 aromatic carbocycles. The molecule has 0 atom stereocenters. The summed E-state index contributed by atoms with van der Waals surface area (Å²) in [5, 5.41) is 9.18. The van der Waals surface area contributed by atoms with Crippen molar-refractivity contribution in [1.82, 2.24) is 15.1 Å². The van der Waals surface area contributed by atoms with Crippen LogP contribution < -0.4 is 10.6 Å². The van der Waals surface area contributed by atoms with Gasteiger partial charge in [-0.15, -0.1) is 0 Å². The van der Waals surface area contributed by atoms with Crippen LogP contribution in [0.25, 0.3) is 5.69 Å². The third-order valence-electron chi connectivity index (χ3n) is 4.55. The van der Waals surface area contributed by atoms with Gasteiger partial charge in [0.25, 0.3) is 5.91 Å². The summed E-state index contributed by atoms with van der Waals surface area (Å²) in [6, 6.07) is 18.9. The van der Waals surface area contributed by atoms with Crippen LogP contribution in [0.4, 0.5) is 10.5 Å². The molecule has 0 aliphatic heterocycles. The average Bonchev–Trinajstić information content (AvgIpc) is 3.51. The SMILES string of the molecule is O=C(COC(=O)c1cc(C2CC2)nn1-c1ccccc1)NC(=O)Nc1ccccc1. The number of hydrogen-bond donors (Lipinski definition) is 2. The average molecular weight is 404 g/mol. The highest BCUT2D eigenvalue weighted by molar-refractivity contribution is 6.02. The molecule has 8 nitrogen and oxygen atoms in total. The third-order valence-corrected chi connectivity index (χ3v) is 4.55. The van der Waals surface area contributed by atoms with Crippen LogP contribution in [0.2, 0.25) is 0 Å². The molecule has 4 rings (SSSR count). The molecular formula is C22H20N4O4. The molecule has 0 spiro atoms. The topological polar surface area (TPSA) is 102 Å². The molecule has 1 fully saturated rings. The van der Waals surface area contributed by atoms with E-state index in [-0.39, 0.29) is 5.69 Å². The summed E-state index contributed by atoms with van der Waals surface area (Å²) in [7, 11) is 0. The van der Waals surface area contributed by atoms with E-state index in [1.807, 2.05) is 36.4 Å². The fourth-order valence-electron chi connectivity index (χ4n) is 2.94. The molecule has 0 saturated heterocycles. The van der Waals surface area contributed by atoms with Crippen molar-refractivity contribution >= 4 is 23.6 Å². The van der Waals surface area contributed by atoms with Crippen molar-refractivity contribution in [3.8, 4) is 5.69 Å². The van der Waals surface area contributed by atoms with E-state index in [4.69, 9.17) is 4.74 Å². The molecular weight excluding hydrogens is 384 g/mol. The Bertz CT molecular complexity index is 1060. The molecule has 30 heavy (non-hydrogen) atoms. The van der Waals surface area contributed by atoms with Crippen LogP contribution in [0.3, 0.4) is 0 Å². The highest BCUT2D eigenvalue weighted by Gasteiger charge is 2.29. The zero-order valence-corrected chi connectivity index (χ0v) is 16.1. The molecule has 1 aromatic heterocycles. The number of imide groups is 1. The fraction of sp³-hybridized carbons (Fsp3) is 0.182. The van der Waals surface area contributed by atoms with Crippen molar-refractivity contribution in [2.24, 2.45) is 0 Å². The Labute approximate surface area is 172 Å². The second-order valence-corrected chi connectivity index (χ2v) is 6.92. The first kappa shape index (κ1) is 19.4. The predicted octanol–water partition coefficient (Wildman–Crippen LogP) is 3.25. The second kappa shape index (κ2) is 8.60. The van der Waals surface area contributed by atoms with Gasteiger partial charge in [0.1, 0.15) is 0 Å². The Balaban J connectivity index is 1.38. The van der Waals surface area contributed by atoms with E-state index < -0.39 is 24.5 Å². The summed E-state index contributed by atoms with van der Waals surface area (Å²) in [5.74, 6) is -1.06. The molecule has 1 aliphatic rings. The number of aromatic nitrogens is 2. The van der Waals surface area contributed by atoms with Gasteiger partial charge in [-0.05, 0) is 43.2 Å². The minimum absolute atomic E-state index is 0.240. The number of carbonyl (C=O) groups excluding carboxylic acids is 3. The summed E-state index contributed by atoms with van der Waals surface area (Å²) in [4.78, 5) is 36.5. The molecule has 0 bridgehead atoms. The molecule has 3 aromatic rings. The summed E-state index contributed by atoms with van der Waals surface area (Å²) in [6.07, 6.45) is 2.08. The minimum atomic E-state index is -0.732. The highest BCUT2D eigenvalue weighted by Crippen LogP contribution is 2.39. The van der Waals surface area contributed by atoms with Crippen LogP contribution in [0.1, 0.15) is 34.9 Å².